The van der Waals surface area contributed by atoms with Gasteiger partial charge in [-0.25, -0.2) is 0 Å². The summed E-state index contributed by atoms with van der Waals surface area (Å²) in [5.41, 5.74) is 1.33. The highest BCUT2D eigenvalue weighted by Gasteiger charge is 2.11. The minimum absolute atomic E-state index is 0.0220. The number of aromatic hydroxyl groups is 4. The molecular formula is C38H44O12. The lowest BCUT2D eigenvalue weighted by atomic mass is 10.1. The number of ketones is 4. The summed E-state index contributed by atoms with van der Waals surface area (Å²) in [6.07, 6.45) is 0.778. The van der Waals surface area contributed by atoms with E-state index in [0.717, 1.165) is 0 Å². The van der Waals surface area contributed by atoms with Crippen molar-refractivity contribution in [2.75, 3.05) is 28.4 Å². The molecule has 0 fully saturated rings. The summed E-state index contributed by atoms with van der Waals surface area (Å²) in [6.45, 7) is 6.32. The van der Waals surface area contributed by atoms with Crippen LogP contribution in [0.25, 0.3) is 0 Å². The van der Waals surface area contributed by atoms with Gasteiger partial charge in [-0.2, -0.15) is 0 Å². The molecule has 0 aliphatic heterocycles. The van der Waals surface area contributed by atoms with Gasteiger partial charge in [-0.05, 0) is 62.4 Å². The van der Waals surface area contributed by atoms with Gasteiger partial charge in [0, 0.05) is 37.1 Å². The first-order valence-corrected chi connectivity index (χ1v) is 15.2. The Labute approximate surface area is 291 Å². The smallest absolute Gasteiger partial charge is 0.166 e. The van der Waals surface area contributed by atoms with Crippen molar-refractivity contribution in [3.05, 3.63) is 95.1 Å². The molecule has 0 amide bonds. The van der Waals surface area contributed by atoms with Crippen molar-refractivity contribution in [2.24, 2.45) is 0 Å². The van der Waals surface area contributed by atoms with Crippen LogP contribution in [0, 0.1) is 0 Å². The van der Waals surface area contributed by atoms with Crippen LogP contribution in [0.15, 0.2) is 72.8 Å². The van der Waals surface area contributed by atoms with Gasteiger partial charge >= 0.3 is 0 Å². The zero-order chi connectivity index (χ0) is 38.0. The lowest BCUT2D eigenvalue weighted by molar-refractivity contribution is 0.0977. The predicted molar refractivity (Wildman–Crippen MR) is 188 cm³/mol. The van der Waals surface area contributed by atoms with Crippen molar-refractivity contribution >= 4 is 23.1 Å². The fraction of sp³-hybridized carbons (Fsp3) is 0.263. The lowest BCUT2D eigenvalue weighted by Crippen LogP contribution is -1.97. The van der Waals surface area contributed by atoms with Crippen molar-refractivity contribution in [1.82, 2.24) is 0 Å². The summed E-state index contributed by atoms with van der Waals surface area (Å²) < 4.78 is 19.5. The van der Waals surface area contributed by atoms with E-state index in [0.29, 0.717) is 58.1 Å². The van der Waals surface area contributed by atoms with Crippen LogP contribution in [0.5, 0.6) is 46.0 Å². The number of hydrogen-bond acceptors (Lipinski definition) is 12. The van der Waals surface area contributed by atoms with E-state index in [2.05, 4.69) is 0 Å². The second kappa shape index (κ2) is 21.0. The van der Waals surface area contributed by atoms with E-state index in [1.54, 1.807) is 50.2 Å². The maximum absolute atomic E-state index is 11.2. The maximum atomic E-state index is 11.2. The summed E-state index contributed by atoms with van der Waals surface area (Å²) in [7, 11) is 6.02. The van der Waals surface area contributed by atoms with Gasteiger partial charge in [0.25, 0.3) is 0 Å². The van der Waals surface area contributed by atoms with Crippen molar-refractivity contribution in [3.8, 4) is 46.0 Å². The molecule has 0 aliphatic carbocycles. The van der Waals surface area contributed by atoms with Crippen LogP contribution in [0.1, 0.15) is 82.0 Å². The Morgan fingerprint density at radius 3 is 0.820 bits per heavy atom. The third-order valence-corrected chi connectivity index (χ3v) is 6.82. The van der Waals surface area contributed by atoms with E-state index in [-0.39, 0.29) is 46.1 Å². The highest BCUT2D eigenvalue weighted by Crippen LogP contribution is 2.26. The Bertz CT molecular complexity index is 1630. The van der Waals surface area contributed by atoms with Crippen LogP contribution < -0.4 is 18.9 Å². The molecule has 4 rings (SSSR count). The van der Waals surface area contributed by atoms with E-state index in [9.17, 15) is 39.6 Å². The average molecular weight is 693 g/mol. The van der Waals surface area contributed by atoms with E-state index in [4.69, 9.17) is 18.9 Å². The summed E-state index contributed by atoms with van der Waals surface area (Å²) in [4.78, 5) is 44.2. The molecule has 4 aromatic rings. The fourth-order valence-electron chi connectivity index (χ4n) is 4.00. The number of benzene rings is 4. The zero-order valence-corrected chi connectivity index (χ0v) is 29.4. The zero-order valence-electron chi connectivity index (χ0n) is 29.4. The van der Waals surface area contributed by atoms with Crippen LogP contribution in [-0.4, -0.2) is 72.0 Å². The van der Waals surface area contributed by atoms with Gasteiger partial charge in [0.15, 0.2) is 23.1 Å². The molecule has 12 nitrogen and oxygen atoms in total. The van der Waals surface area contributed by atoms with Gasteiger partial charge in [0.05, 0.1) is 50.7 Å². The average Bonchev–Trinajstić information content (AvgIpc) is 3.11. The SMILES string of the molecule is CCC(=O)c1ccc(OC)cc1O.CCC(=O)c1ccc(OC)cc1O.COc1ccc(C(C)=O)c(O)c1.COc1ccc(C(C)=O)c(O)c1. The van der Waals surface area contributed by atoms with E-state index >= 15 is 0 Å². The molecule has 0 unspecified atom stereocenters. The third-order valence-electron chi connectivity index (χ3n) is 6.82. The number of methoxy groups -OCH3 is 4. The number of Topliss-reactive ketones (excluding diaryl/α,β-unsaturated/α-hetero) is 4. The van der Waals surface area contributed by atoms with E-state index in [1.807, 2.05) is 0 Å². The van der Waals surface area contributed by atoms with Crippen molar-refractivity contribution < 1.29 is 58.6 Å². The number of hydrogen-bond donors (Lipinski definition) is 4. The molecule has 50 heavy (non-hydrogen) atoms. The van der Waals surface area contributed by atoms with Crippen LogP contribution in [0.2, 0.25) is 0 Å². The summed E-state index contributed by atoms with van der Waals surface area (Å²) in [6, 6.07) is 18.5. The molecule has 0 aromatic heterocycles. The summed E-state index contributed by atoms with van der Waals surface area (Å²) in [5.74, 6) is 1.59. The monoisotopic (exact) mass is 692 g/mol. The molecule has 0 saturated heterocycles. The molecule has 0 atom stereocenters. The molecular weight excluding hydrogens is 648 g/mol. The van der Waals surface area contributed by atoms with Gasteiger partial charge in [-0.15, -0.1) is 0 Å². The number of rotatable bonds is 10. The molecule has 0 bridgehead atoms. The molecule has 0 aliphatic rings. The van der Waals surface area contributed by atoms with Crippen molar-refractivity contribution in [2.45, 2.75) is 40.5 Å². The molecule has 0 radical (unpaired) electrons. The first-order valence-electron chi connectivity index (χ1n) is 15.2. The van der Waals surface area contributed by atoms with Crippen LogP contribution >= 0.6 is 0 Å². The largest absolute Gasteiger partial charge is 0.507 e. The molecule has 0 spiro atoms. The van der Waals surface area contributed by atoms with Gasteiger partial charge in [0.2, 0.25) is 0 Å². The Balaban J connectivity index is 0.000000334. The quantitative estimate of drug-likeness (QED) is 0.123. The summed E-state index contributed by atoms with van der Waals surface area (Å²) in [5, 5.41) is 37.4. The fourth-order valence-corrected chi connectivity index (χ4v) is 4.00. The second-order valence-corrected chi connectivity index (χ2v) is 10.2. The minimum Gasteiger partial charge on any atom is -0.507 e. The lowest BCUT2D eigenvalue weighted by Gasteiger charge is -2.04. The van der Waals surface area contributed by atoms with E-state index < -0.39 is 0 Å². The van der Waals surface area contributed by atoms with Gasteiger partial charge in [-0.3, -0.25) is 19.2 Å². The third kappa shape index (κ3) is 12.9. The molecule has 4 N–H and O–H groups in total. The Morgan fingerprint density at radius 1 is 0.440 bits per heavy atom. The second-order valence-electron chi connectivity index (χ2n) is 10.2. The van der Waals surface area contributed by atoms with Gasteiger partial charge in [0.1, 0.15) is 46.0 Å². The number of carbonyl (C=O) groups excluding carboxylic acids is 4. The highest BCUT2D eigenvalue weighted by molar-refractivity contribution is 5.99. The van der Waals surface area contributed by atoms with Crippen molar-refractivity contribution in [3.63, 3.8) is 0 Å². The molecule has 12 heteroatoms. The van der Waals surface area contributed by atoms with Crippen LogP contribution in [0.3, 0.4) is 0 Å². The number of ether oxygens (including phenoxy) is 4. The standard InChI is InChI=1S/2C10H12O3.2C9H10O3/c2*1-3-9(11)8-5-4-7(13-2)6-10(8)12;2*1-6(10)8-4-3-7(12-2)5-9(8)11/h2*4-6,12H,3H2,1-2H3;2*3-5,11H,1-2H3. The molecule has 268 valence electrons. The highest BCUT2D eigenvalue weighted by atomic mass is 16.5. The van der Waals surface area contributed by atoms with Crippen molar-refractivity contribution in [1.29, 1.82) is 0 Å². The topological polar surface area (TPSA) is 186 Å². The Morgan fingerprint density at radius 2 is 0.660 bits per heavy atom. The molecule has 4 aromatic carbocycles. The Hall–Kier alpha value is -6.04. The van der Waals surface area contributed by atoms with Crippen LogP contribution in [-0.2, 0) is 0 Å². The summed E-state index contributed by atoms with van der Waals surface area (Å²) >= 11 is 0. The predicted octanol–water partition coefficient (Wildman–Crippen LogP) is 7.19. The van der Waals surface area contributed by atoms with Gasteiger partial charge in [-0.1, -0.05) is 13.8 Å². The first-order chi connectivity index (χ1) is 23.7. The Kier molecular flexibility index (Phi) is 17.7. The van der Waals surface area contributed by atoms with Crippen LogP contribution in [0.4, 0.5) is 0 Å². The number of phenolic OH excluding ortho intramolecular Hbond substituents is 4. The molecule has 0 saturated carbocycles. The number of carbonyl (C=O) groups is 4. The normalized spacial score (nSPS) is 9.60. The number of phenols is 4. The maximum Gasteiger partial charge on any atom is 0.166 e. The van der Waals surface area contributed by atoms with Gasteiger partial charge < -0.3 is 39.4 Å². The molecule has 0 heterocycles. The minimum atomic E-state index is -0.157. The first kappa shape index (κ1) is 42.0. The van der Waals surface area contributed by atoms with E-state index in [1.165, 1.54) is 78.7 Å².